The summed E-state index contributed by atoms with van der Waals surface area (Å²) in [6.07, 6.45) is 3.11. The Morgan fingerprint density at radius 1 is 1.20 bits per heavy atom. The summed E-state index contributed by atoms with van der Waals surface area (Å²) in [4.78, 5) is 6.71. The molecule has 0 N–H and O–H groups in total. The van der Waals surface area contributed by atoms with Gasteiger partial charge in [-0.3, -0.25) is 4.99 Å². The second-order valence-electron chi connectivity index (χ2n) is 5.50. The molecule has 2 nitrogen and oxygen atoms in total. The van der Waals surface area contributed by atoms with Crippen LogP contribution < -0.4 is 0 Å². The SMILES string of the molecule is Fc1ccc(C2(C3=CSC4=NCCN34)CCC2)cc1F. The van der Waals surface area contributed by atoms with Crippen LogP contribution in [-0.4, -0.2) is 23.2 Å². The van der Waals surface area contributed by atoms with Crippen LogP contribution in [0.2, 0.25) is 0 Å². The highest BCUT2D eigenvalue weighted by Crippen LogP contribution is 2.53. The number of amidine groups is 1. The average Bonchev–Trinajstić information content (AvgIpc) is 2.96. The molecule has 0 radical (unpaired) electrons. The van der Waals surface area contributed by atoms with E-state index >= 15 is 0 Å². The quantitative estimate of drug-likeness (QED) is 0.827. The van der Waals surface area contributed by atoms with Gasteiger partial charge in [0.1, 0.15) is 0 Å². The van der Waals surface area contributed by atoms with Crippen molar-refractivity contribution in [2.24, 2.45) is 4.99 Å². The molecule has 2 heterocycles. The first-order valence-electron chi connectivity index (χ1n) is 6.85. The predicted molar refractivity (Wildman–Crippen MR) is 76.6 cm³/mol. The van der Waals surface area contributed by atoms with Crippen LogP contribution in [0.3, 0.4) is 0 Å². The number of hydrogen-bond donors (Lipinski definition) is 0. The van der Waals surface area contributed by atoms with E-state index in [1.165, 1.54) is 17.8 Å². The molecular weight excluding hydrogens is 278 g/mol. The smallest absolute Gasteiger partial charge is 0.167 e. The third kappa shape index (κ3) is 1.59. The number of hydrogen-bond acceptors (Lipinski definition) is 3. The standard InChI is InChI=1S/C15H14F2N2S/c16-11-3-2-10(8-12(11)17)15(4-1-5-15)13-9-20-14-18-6-7-19(13)14/h2-3,8-9H,1,4-7H2. The Labute approximate surface area is 120 Å². The fourth-order valence-corrected chi connectivity index (χ4v) is 4.36. The molecule has 1 saturated carbocycles. The number of nitrogens with zero attached hydrogens (tertiary/aromatic N) is 2. The zero-order valence-electron chi connectivity index (χ0n) is 10.9. The predicted octanol–water partition coefficient (Wildman–Crippen LogP) is 3.65. The van der Waals surface area contributed by atoms with Crippen LogP contribution >= 0.6 is 11.8 Å². The molecule has 0 spiro atoms. The minimum Gasteiger partial charge on any atom is -0.321 e. The maximum atomic E-state index is 13.6. The van der Waals surface area contributed by atoms with Crippen molar-refractivity contribution in [3.05, 3.63) is 46.5 Å². The molecule has 0 aromatic heterocycles. The van der Waals surface area contributed by atoms with Gasteiger partial charge in [-0.05, 0) is 35.9 Å². The summed E-state index contributed by atoms with van der Waals surface area (Å²) < 4.78 is 26.8. The highest BCUT2D eigenvalue weighted by Gasteiger charge is 2.47. The molecule has 0 amide bonds. The van der Waals surface area contributed by atoms with Gasteiger partial charge in [-0.15, -0.1) is 0 Å². The van der Waals surface area contributed by atoms with Crippen LogP contribution in [0.4, 0.5) is 8.78 Å². The molecule has 1 aromatic carbocycles. The van der Waals surface area contributed by atoms with E-state index in [0.717, 1.165) is 43.1 Å². The maximum Gasteiger partial charge on any atom is 0.167 e. The van der Waals surface area contributed by atoms with E-state index in [1.54, 1.807) is 17.8 Å². The van der Waals surface area contributed by atoms with Crippen molar-refractivity contribution in [3.63, 3.8) is 0 Å². The molecule has 0 bridgehead atoms. The van der Waals surface area contributed by atoms with E-state index in [-0.39, 0.29) is 5.41 Å². The van der Waals surface area contributed by atoms with Crippen molar-refractivity contribution in [1.82, 2.24) is 4.90 Å². The molecule has 0 atom stereocenters. The first-order chi connectivity index (χ1) is 9.71. The number of allylic oxidation sites excluding steroid dienone is 1. The maximum absolute atomic E-state index is 13.6. The lowest BCUT2D eigenvalue weighted by Crippen LogP contribution is -2.42. The topological polar surface area (TPSA) is 15.6 Å². The summed E-state index contributed by atoms with van der Waals surface area (Å²) in [5.41, 5.74) is 1.96. The molecular formula is C15H14F2N2S. The lowest BCUT2D eigenvalue weighted by molar-refractivity contribution is 0.251. The third-order valence-corrected chi connectivity index (χ3v) is 5.44. The third-order valence-electron chi connectivity index (χ3n) is 4.54. The molecule has 0 saturated heterocycles. The van der Waals surface area contributed by atoms with Crippen molar-refractivity contribution in [2.75, 3.05) is 13.1 Å². The summed E-state index contributed by atoms with van der Waals surface area (Å²) in [6.45, 7) is 1.73. The van der Waals surface area contributed by atoms with Crippen molar-refractivity contribution in [1.29, 1.82) is 0 Å². The number of aliphatic imine (C=N–C) groups is 1. The van der Waals surface area contributed by atoms with E-state index in [4.69, 9.17) is 0 Å². The van der Waals surface area contributed by atoms with Gasteiger partial charge in [-0.1, -0.05) is 24.2 Å². The van der Waals surface area contributed by atoms with E-state index in [1.807, 2.05) is 0 Å². The van der Waals surface area contributed by atoms with E-state index in [0.29, 0.717) is 0 Å². The van der Waals surface area contributed by atoms with Gasteiger partial charge in [0, 0.05) is 17.7 Å². The minimum absolute atomic E-state index is 0.150. The van der Waals surface area contributed by atoms with Gasteiger partial charge in [0.25, 0.3) is 0 Å². The molecule has 0 unspecified atom stereocenters. The molecule has 4 rings (SSSR count). The van der Waals surface area contributed by atoms with Gasteiger partial charge in [0.05, 0.1) is 6.54 Å². The summed E-state index contributed by atoms with van der Waals surface area (Å²) in [6, 6.07) is 4.34. The molecule has 3 aliphatic rings. The Morgan fingerprint density at radius 2 is 2.05 bits per heavy atom. The Balaban J connectivity index is 1.76. The number of halogens is 2. The van der Waals surface area contributed by atoms with E-state index < -0.39 is 11.6 Å². The largest absolute Gasteiger partial charge is 0.321 e. The fourth-order valence-electron chi connectivity index (χ4n) is 3.31. The number of fused-ring (bicyclic) bond motifs is 1. The Bertz CT molecular complexity index is 635. The number of rotatable bonds is 2. The monoisotopic (exact) mass is 292 g/mol. The van der Waals surface area contributed by atoms with E-state index in [2.05, 4.69) is 15.3 Å². The van der Waals surface area contributed by atoms with Gasteiger partial charge in [-0.25, -0.2) is 8.78 Å². The molecule has 20 heavy (non-hydrogen) atoms. The molecule has 2 aliphatic heterocycles. The van der Waals surface area contributed by atoms with Crippen molar-refractivity contribution in [3.8, 4) is 0 Å². The summed E-state index contributed by atoms with van der Waals surface area (Å²) >= 11 is 1.65. The Hall–Kier alpha value is -1.36. The molecule has 104 valence electrons. The minimum atomic E-state index is -0.776. The Morgan fingerprint density at radius 3 is 2.75 bits per heavy atom. The zero-order valence-corrected chi connectivity index (χ0v) is 11.7. The zero-order chi connectivity index (χ0) is 13.7. The van der Waals surface area contributed by atoms with Crippen molar-refractivity contribution < 1.29 is 8.78 Å². The lowest BCUT2D eigenvalue weighted by atomic mass is 9.62. The number of benzene rings is 1. The number of thioether (sulfide) groups is 1. The normalized spacial score (nSPS) is 23.2. The van der Waals surface area contributed by atoms with Crippen LogP contribution in [-0.2, 0) is 5.41 Å². The lowest BCUT2D eigenvalue weighted by Gasteiger charge is -2.45. The fraction of sp³-hybridized carbons (Fsp3) is 0.400. The Kier molecular flexibility index (Phi) is 2.67. The average molecular weight is 292 g/mol. The van der Waals surface area contributed by atoms with Crippen LogP contribution in [0.25, 0.3) is 0 Å². The van der Waals surface area contributed by atoms with Crippen LogP contribution in [0.5, 0.6) is 0 Å². The molecule has 1 aromatic rings. The first-order valence-corrected chi connectivity index (χ1v) is 7.73. The van der Waals surface area contributed by atoms with Crippen LogP contribution in [0, 0.1) is 11.6 Å². The summed E-state index contributed by atoms with van der Waals surface area (Å²) in [7, 11) is 0. The van der Waals surface area contributed by atoms with Gasteiger partial charge in [0.15, 0.2) is 16.8 Å². The summed E-state index contributed by atoms with van der Waals surface area (Å²) in [5.74, 6) is -1.53. The summed E-state index contributed by atoms with van der Waals surface area (Å²) in [5, 5.41) is 3.19. The van der Waals surface area contributed by atoms with Crippen molar-refractivity contribution in [2.45, 2.75) is 24.7 Å². The van der Waals surface area contributed by atoms with Crippen LogP contribution in [0.1, 0.15) is 24.8 Å². The molecule has 1 fully saturated rings. The van der Waals surface area contributed by atoms with Crippen molar-refractivity contribution >= 4 is 16.9 Å². The van der Waals surface area contributed by atoms with Gasteiger partial charge in [-0.2, -0.15) is 0 Å². The van der Waals surface area contributed by atoms with Gasteiger partial charge < -0.3 is 4.90 Å². The molecule has 1 aliphatic carbocycles. The first kappa shape index (κ1) is 12.4. The van der Waals surface area contributed by atoms with Gasteiger partial charge in [0.2, 0.25) is 0 Å². The highest BCUT2D eigenvalue weighted by atomic mass is 32.2. The molecule has 5 heteroatoms. The second kappa shape index (κ2) is 4.32. The van der Waals surface area contributed by atoms with Gasteiger partial charge >= 0.3 is 0 Å². The highest BCUT2D eigenvalue weighted by molar-refractivity contribution is 8.16. The second-order valence-corrected chi connectivity index (χ2v) is 6.34. The van der Waals surface area contributed by atoms with Crippen LogP contribution in [0.15, 0.2) is 34.3 Å². The van der Waals surface area contributed by atoms with E-state index in [9.17, 15) is 8.78 Å².